The van der Waals surface area contributed by atoms with Crippen molar-refractivity contribution in [2.75, 3.05) is 0 Å². The molecule has 2 N–H and O–H groups in total. The molecule has 1 aromatic carbocycles. The summed E-state index contributed by atoms with van der Waals surface area (Å²) in [5, 5.41) is 13.2. The molecule has 0 spiro atoms. The summed E-state index contributed by atoms with van der Waals surface area (Å²) in [6.45, 7) is 4.42. The predicted molar refractivity (Wildman–Crippen MR) is 107 cm³/mol. The van der Waals surface area contributed by atoms with Gasteiger partial charge in [-0.2, -0.15) is 0 Å². The van der Waals surface area contributed by atoms with E-state index in [2.05, 4.69) is 31.3 Å². The number of aliphatic hydroxyl groups is 1. The van der Waals surface area contributed by atoms with Crippen LogP contribution in [0.5, 0.6) is 0 Å². The second-order valence-corrected chi connectivity index (χ2v) is 10.5. The Morgan fingerprint density at radius 2 is 1.78 bits per heavy atom. The molecule has 0 radical (unpaired) electrons. The molecule has 4 aliphatic carbocycles. The van der Waals surface area contributed by atoms with Crippen molar-refractivity contribution in [1.82, 2.24) is 5.32 Å². The van der Waals surface area contributed by atoms with Crippen LogP contribution in [0.25, 0.3) is 5.70 Å². The first-order valence-electron chi connectivity index (χ1n) is 10.6. The Morgan fingerprint density at radius 3 is 2.37 bits per heavy atom. The van der Waals surface area contributed by atoms with E-state index in [4.69, 9.17) is 0 Å². The molecular weight excluding hydrogens is 334 g/mol. The van der Waals surface area contributed by atoms with Gasteiger partial charge < -0.3 is 10.4 Å². The van der Waals surface area contributed by atoms with E-state index < -0.39 is 0 Å². The molecule has 0 saturated heterocycles. The van der Waals surface area contributed by atoms with Crippen LogP contribution < -0.4 is 5.32 Å². The van der Waals surface area contributed by atoms with Crippen LogP contribution in [0.2, 0.25) is 0 Å². The topological polar surface area (TPSA) is 49.3 Å². The van der Waals surface area contributed by atoms with Crippen LogP contribution in [-0.4, -0.2) is 16.4 Å². The van der Waals surface area contributed by atoms with E-state index in [1.54, 1.807) is 0 Å². The van der Waals surface area contributed by atoms with E-state index >= 15 is 0 Å². The fourth-order valence-electron chi connectivity index (χ4n) is 6.89. The van der Waals surface area contributed by atoms with Gasteiger partial charge in [-0.15, -0.1) is 0 Å². The minimum absolute atomic E-state index is 0.0346. The first kappa shape index (κ1) is 17.5. The molecule has 1 aromatic rings. The van der Waals surface area contributed by atoms with Gasteiger partial charge in [0.05, 0.1) is 6.61 Å². The molecule has 0 amide bonds. The number of carbonyl (C=O) groups is 1. The van der Waals surface area contributed by atoms with Gasteiger partial charge in [-0.25, -0.2) is 0 Å². The van der Waals surface area contributed by atoms with Gasteiger partial charge in [0.25, 0.3) is 0 Å². The van der Waals surface area contributed by atoms with Crippen LogP contribution >= 0.6 is 0 Å². The largest absolute Gasteiger partial charge is 0.392 e. The molecule has 4 fully saturated rings. The summed E-state index contributed by atoms with van der Waals surface area (Å²) < 4.78 is 0. The summed E-state index contributed by atoms with van der Waals surface area (Å²) in [4.78, 5) is 13.6. The Morgan fingerprint density at radius 1 is 1.15 bits per heavy atom. The molecule has 4 bridgehead atoms. The lowest BCUT2D eigenvalue weighted by Gasteiger charge is -2.55. The quantitative estimate of drug-likeness (QED) is 0.788. The van der Waals surface area contributed by atoms with Crippen LogP contribution in [0.15, 0.2) is 24.3 Å². The number of aliphatic hydroxyl groups excluding tert-OH is 1. The highest BCUT2D eigenvalue weighted by atomic mass is 16.3. The third kappa shape index (κ3) is 2.95. The highest BCUT2D eigenvalue weighted by molar-refractivity contribution is 6.01. The smallest absolute Gasteiger partial charge is 0.163 e. The zero-order valence-corrected chi connectivity index (χ0v) is 16.6. The van der Waals surface area contributed by atoms with Crippen molar-refractivity contribution in [2.45, 2.75) is 70.9 Å². The maximum Gasteiger partial charge on any atom is 0.163 e. The highest BCUT2D eigenvalue weighted by Crippen LogP contribution is 2.60. The minimum atomic E-state index is -0.0974. The van der Waals surface area contributed by atoms with Gasteiger partial charge >= 0.3 is 0 Å². The maximum atomic E-state index is 13.6. The summed E-state index contributed by atoms with van der Waals surface area (Å²) in [5.74, 6) is 2.69. The third-order valence-electron chi connectivity index (χ3n) is 7.59. The number of carbonyl (C=O) groups excluding carboxylic acids is 1. The Bertz CT molecular complexity index is 784. The van der Waals surface area contributed by atoms with Crippen molar-refractivity contribution < 1.29 is 9.90 Å². The molecule has 1 aliphatic heterocycles. The Hall–Kier alpha value is -1.61. The van der Waals surface area contributed by atoms with Gasteiger partial charge in [0.15, 0.2) is 5.78 Å². The van der Waals surface area contributed by atoms with Crippen LogP contribution in [0.1, 0.15) is 69.1 Å². The zero-order valence-electron chi connectivity index (χ0n) is 16.6. The van der Waals surface area contributed by atoms with E-state index in [0.717, 1.165) is 60.3 Å². The summed E-state index contributed by atoms with van der Waals surface area (Å²) in [6.07, 6.45) is 10.2. The molecule has 4 saturated carbocycles. The van der Waals surface area contributed by atoms with Crippen LogP contribution in [0.4, 0.5) is 0 Å². The second kappa shape index (κ2) is 5.94. The van der Waals surface area contributed by atoms with Crippen molar-refractivity contribution in [1.29, 1.82) is 0 Å². The van der Waals surface area contributed by atoms with E-state index in [1.165, 1.54) is 24.8 Å². The predicted octanol–water partition coefficient (Wildman–Crippen LogP) is 4.23. The normalized spacial score (nSPS) is 37.1. The molecule has 144 valence electrons. The molecule has 27 heavy (non-hydrogen) atoms. The highest BCUT2D eigenvalue weighted by Gasteiger charge is 2.54. The third-order valence-corrected chi connectivity index (χ3v) is 7.59. The number of allylic oxidation sites excluding steroid dienone is 1. The first-order valence-corrected chi connectivity index (χ1v) is 10.6. The molecule has 1 heterocycles. The summed E-state index contributed by atoms with van der Waals surface area (Å²) in [7, 11) is 0. The van der Waals surface area contributed by atoms with Crippen molar-refractivity contribution in [3.8, 4) is 0 Å². The monoisotopic (exact) mass is 365 g/mol. The number of fused-ring (bicyclic) bond motifs is 1. The average Bonchev–Trinajstić information content (AvgIpc) is 2.59. The van der Waals surface area contributed by atoms with Gasteiger partial charge in [-0.1, -0.05) is 12.1 Å². The SMILES string of the molecule is CC1(C)Cc2ccc(CO)cc2C(=CC(=O)C23CC4CC(CC(C4)C2)C3)N1. The van der Waals surface area contributed by atoms with E-state index in [0.29, 0.717) is 5.78 Å². The fraction of sp³-hybridized carbons (Fsp3) is 0.625. The van der Waals surface area contributed by atoms with Gasteiger partial charge in [-0.05, 0) is 93.7 Å². The second-order valence-electron chi connectivity index (χ2n) is 10.5. The number of rotatable bonds is 3. The van der Waals surface area contributed by atoms with Crippen LogP contribution in [0.3, 0.4) is 0 Å². The van der Waals surface area contributed by atoms with Gasteiger partial charge in [0, 0.05) is 28.3 Å². The number of benzene rings is 1. The van der Waals surface area contributed by atoms with E-state index in [9.17, 15) is 9.90 Å². The lowest BCUT2D eigenvalue weighted by Crippen LogP contribution is -2.50. The van der Waals surface area contributed by atoms with Crippen molar-refractivity contribution >= 4 is 11.5 Å². The Balaban J connectivity index is 1.52. The number of ketones is 1. The molecule has 3 nitrogen and oxygen atoms in total. The van der Waals surface area contributed by atoms with Crippen LogP contribution in [-0.2, 0) is 17.8 Å². The van der Waals surface area contributed by atoms with Gasteiger partial charge in [-0.3, -0.25) is 4.79 Å². The summed E-state index contributed by atoms with van der Waals surface area (Å²) in [6, 6.07) is 6.17. The lowest BCUT2D eigenvalue weighted by atomic mass is 9.48. The first-order chi connectivity index (χ1) is 12.9. The molecule has 3 heteroatoms. The summed E-state index contributed by atoms with van der Waals surface area (Å²) >= 11 is 0. The summed E-state index contributed by atoms with van der Waals surface area (Å²) in [5.41, 5.74) is 4.06. The van der Waals surface area contributed by atoms with E-state index in [1.807, 2.05) is 12.1 Å². The van der Waals surface area contributed by atoms with Crippen LogP contribution in [0, 0.1) is 23.2 Å². The van der Waals surface area contributed by atoms with Crippen molar-refractivity contribution in [3.63, 3.8) is 0 Å². The zero-order chi connectivity index (χ0) is 18.8. The number of nitrogens with one attached hydrogen (secondary N) is 1. The minimum Gasteiger partial charge on any atom is -0.392 e. The van der Waals surface area contributed by atoms with Crippen molar-refractivity contribution in [3.05, 3.63) is 41.0 Å². The molecule has 5 aliphatic rings. The fourth-order valence-corrected chi connectivity index (χ4v) is 6.89. The average molecular weight is 366 g/mol. The van der Waals surface area contributed by atoms with Gasteiger partial charge in [0.1, 0.15) is 0 Å². The molecule has 0 atom stereocenters. The molecule has 0 unspecified atom stereocenters. The molecular formula is C24H31NO2. The van der Waals surface area contributed by atoms with Gasteiger partial charge in [0.2, 0.25) is 0 Å². The lowest BCUT2D eigenvalue weighted by molar-refractivity contribution is -0.138. The number of hydrogen-bond donors (Lipinski definition) is 2. The maximum absolute atomic E-state index is 13.6. The Kier molecular flexibility index (Phi) is 3.85. The molecule has 6 rings (SSSR count). The number of hydrogen-bond acceptors (Lipinski definition) is 3. The standard InChI is InChI=1S/C24H31NO2/c1-23(2)13-19-4-3-15(14-26)8-20(19)21(25-23)9-22(27)24-10-16-5-17(11-24)7-18(6-16)12-24/h3-4,8-9,16-18,25-26H,5-7,10-14H2,1-2H3. The molecule has 0 aromatic heterocycles. The van der Waals surface area contributed by atoms with Crippen molar-refractivity contribution in [2.24, 2.45) is 23.2 Å². The Labute approximate surface area is 162 Å². The van der Waals surface area contributed by atoms with E-state index in [-0.39, 0.29) is 17.6 Å².